The van der Waals surface area contributed by atoms with Crippen LogP contribution in [-0.4, -0.2) is 23.1 Å². The van der Waals surface area contributed by atoms with E-state index in [1.54, 1.807) is 0 Å². The van der Waals surface area contributed by atoms with E-state index in [1.165, 1.54) is 44.2 Å². The summed E-state index contributed by atoms with van der Waals surface area (Å²) in [5.74, 6) is 1.68. The van der Waals surface area contributed by atoms with E-state index >= 15 is 0 Å². The molecule has 1 aromatic heterocycles. The number of hydrogen-bond donors (Lipinski definition) is 1. The molecule has 0 unspecified atom stereocenters. The lowest BCUT2D eigenvalue weighted by Crippen LogP contribution is -2.21. The van der Waals surface area contributed by atoms with Crippen LogP contribution in [0, 0.1) is 4.64 Å². The van der Waals surface area contributed by atoms with Crippen molar-refractivity contribution in [2.45, 2.75) is 44.4 Å². The molecule has 0 spiro atoms. The number of H-pyrrole nitrogens is 1. The first-order valence-electron chi connectivity index (χ1n) is 6.69. The first kappa shape index (κ1) is 11.2. The Morgan fingerprint density at radius 3 is 2.59 bits per heavy atom. The third kappa shape index (κ3) is 2.37. The molecule has 2 aliphatic rings. The second-order valence-corrected chi connectivity index (χ2v) is 5.59. The summed E-state index contributed by atoms with van der Waals surface area (Å²) in [4.78, 5) is 10.3. The van der Waals surface area contributed by atoms with Crippen LogP contribution in [0.5, 0.6) is 0 Å². The molecule has 3 rings (SSSR count). The van der Waals surface area contributed by atoms with Gasteiger partial charge in [0.25, 0.3) is 0 Å². The van der Waals surface area contributed by atoms with E-state index in [2.05, 4.69) is 20.9 Å². The van der Waals surface area contributed by atoms with Crippen LogP contribution in [0.3, 0.4) is 0 Å². The minimum atomic E-state index is 0.682. The van der Waals surface area contributed by atoms with Crippen molar-refractivity contribution in [3.63, 3.8) is 0 Å². The van der Waals surface area contributed by atoms with Crippen LogP contribution in [0.4, 0.5) is 5.95 Å². The van der Waals surface area contributed by atoms with Gasteiger partial charge in [0.15, 0.2) is 0 Å². The van der Waals surface area contributed by atoms with Crippen LogP contribution in [0.2, 0.25) is 0 Å². The molecule has 17 heavy (non-hydrogen) atoms. The summed E-state index contributed by atoms with van der Waals surface area (Å²) in [6, 6.07) is 2.06. The molecule has 1 N–H and O–H groups in total. The van der Waals surface area contributed by atoms with Gasteiger partial charge in [-0.25, -0.2) is 4.98 Å². The molecule has 0 amide bonds. The van der Waals surface area contributed by atoms with E-state index in [0.717, 1.165) is 23.7 Å². The minimum Gasteiger partial charge on any atom is -0.342 e. The van der Waals surface area contributed by atoms with Crippen molar-refractivity contribution in [3.8, 4) is 0 Å². The van der Waals surface area contributed by atoms with Crippen molar-refractivity contribution < 1.29 is 0 Å². The molecular weight excluding hydrogens is 230 g/mol. The van der Waals surface area contributed by atoms with E-state index in [9.17, 15) is 0 Å². The van der Waals surface area contributed by atoms with Crippen LogP contribution in [0.25, 0.3) is 0 Å². The summed E-state index contributed by atoms with van der Waals surface area (Å²) in [6.07, 6.45) is 7.86. The summed E-state index contributed by atoms with van der Waals surface area (Å²) in [6.45, 7) is 2.23. The Balaban J connectivity index is 1.91. The monoisotopic (exact) mass is 249 g/mol. The standard InChI is InChI=1S/C13H19N3S/c17-12-9-11(10-5-1-2-6-10)14-13(15-12)16-7-3-4-8-16/h9-10H,1-8H2,(H,14,15,17). The van der Waals surface area contributed by atoms with E-state index in [4.69, 9.17) is 12.2 Å². The number of aromatic nitrogens is 2. The highest BCUT2D eigenvalue weighted by molar-refractivity contribution is 7.71. The van der Waals surface area contributed by atoms with Gasteiger partial charge in [-0.05, 0) is 37.7 Å². The molecule has 0 atom stereocenters. The Morgan fingerprint density at radius 2 is 1.88 bits per heavy atom. The second-order valence-electron chi connectivity index (χ2n) is 5.17. The second kappa shape index (κ2) is 4.77. The predicted molar refractivity (Wildman–Crippen MR) is 72.1 cm³/mol. The highest BCUT2D eigenvalue weighted by Crippen LogP contribution is 2.33. The largest absolute Gasteiger partial charge is 0.342 e. The van der Waals surface area contributed by atoms with Crippen LogP contribution in [-0.2, 0) is 0 Å². The zero-order chi connectivity index (χ0) is 11.7. The van der Waals surface area contributed by atoms with Gasteiger partial charge in [-0.3, -0.25) is 0 Å². The topological polar surface area (TPSA) is 31.9 Å². The molecule has 3 nitrogen and oxygen atoms in total. The molecule has 2 heterocycles. The van der Waals surface area contributed by atoms with Gasteiger partial charge in [0.1, 0.15) is 4.64 Å². The van der Waals surface area contributed by atoms with Crippen LogP contribution >= 0.6 is 12.2 Å². The molecule has 4 heteroatoms. The van der Waals surface area contributed by atoms with Gasteiger partial charge in [0.2, 0.25) is 5.95 Å². The van der Waals surface area contributed by atoms with Gasteiger partial charge in [0, 0.05) is 18.8 Å². The van der Waals surface area contributed by atoms with Gasteiger partial charge in [0.05, 0.1) is 0 Å². The maximum absolute atomic E-state index is 5.30. The fourth-order valence-corrected chi connectivity index (χ4v) is 3.21. The Morgan fingerprint density at radius 1 is 1.18 bits per heavy atom. The molecule has 0 bridgehead atoms. The molecule has 1 aliphatic heterocycles. The molecule has 0 radical (unpaired) electrons. The van der Waals surface area contributed by atoms with Crippen molar-refractivity contribution in [2.75, 3.05) is 18.0 Å². The molecule has 1 saturated heterocycles. The zero-order valence-electron chi connectivity index (χ0n) is 10.1. The Labute approximate surface area is 107 Å². The van der Waals surface area contributed by atoms with E-state index in [-0.39, 0.29) is 0 Å². The number of aromatic amines is 1. The highest BCUT2D eigenvalue weighted by Gasteiger charge is 2.20. The zero-order valence-corrected chi connectivity index (χ0v) is 10.9. The Bertz CT molecular complexity index is 405. The molecule has 0 aromatic carbocycles. The van der Waals surface area contributed by atoms with E-state index in [1.807, 2.05) is 0 Å². The lowest BCUT2D eigenvalue weighted by Gasteiger charge is -2.18. The maximum atomic E-state index is 5.30. The van der Waals surface area contributed by atoms with Crippen molar-refractivity contribution in [2.24, 2.45) is 0 Å². The smallest absolute Gasteiger partial charge is 0.204 e. The first-order valence-corrected chi connectivity index (χ1v) is 7.10. The SMILES string of the molecule is S=c1cc(C2CCCC2)[nH]c(N2CCCC2)n1. The number of anilines is 1. The highest BCUT2D eigenvalue weighted by atomic mass is 32.1. The quantitative estimate of drug-likeness (QED) is 0.815. The molecular formula is C13H19N3S. The number of nitrogens with zero attached hydrogens (tertiary/aromatic N) is 2. The first-order chi connectivity index (χ1) is 8.33. The molecule has 1 aromatic rings. The van der Waals surface area contributed by atoms with Crippen molar-refractivity contribution in [1.29, 1.82) is 0 Å². The molecule has 1 saturated carbocycles. The van der Waals surface area contributed by atoms with Gasteiger partial charge in [-0.2, -0.15) is 0 Å². The number of nitrogens with one attached hydrogen (secondary N) is 1. The van der Waals surface area contributed by atoms with Crippen LogP contribution in [0.1, 0.15) is 50.1 Å². The van der Waals surface area contributed by atoms with Crippen molar-refractivity contribution in [3.05, 3.63) is 16.4 Å². The Hall–Kier alpha value is -0.900. The summed E-state index contributed by atoms with van der Waals surface area (Å²) < 4.78 is 0.743. The van der Waals surface area contributed by atoms with Gasteiger partial charge >= 0.3 is 0 Å². The molecule has 1 aliphatic carbocycles. The van der Waals surface area contributed by atoms with Crippen LogP contribution in [0.15, 0.2) is 6.07 Å². The lowest BCUT2D eigenvalue weighted by atomic mass is 10.0. The minimum absolute atomic E-state index is 0.682. The van der Waals surface area contributed by atoms with Crippen LogP contribution < -0.4 is 4.90 Å². The fourth-order valence-electron chi connectivity index (χ4n) is 3.00. The molecule has 2 fully saturated rings. The van der Waals surface area contributed by atoms with Gasteiger partial charge in [-0.15, -0.1) is 0 Å². The van der Waals surface area contributed by atoms with Gasteiger partial charge in [-0.1, -0.05) is 25.1 Å². The molecule has 92 valence electrons. The van der Waals surface area contributed by atoms with Gasteiger partial charge < -0.3 is 9.88 Å². The normalized spacial score (nSPS) is 21.3. The summed E-state index contributed by atoms with van der Waals surface area (Å²) >= 11 is 5.30. The third-order valence-corrected chi connectivity index (χ3v) is 4.16. The van der Waals surface area contributed by atoms with E-state index in [0.29, 0.717) is 5.92 Å². The lowest BCUT2D eigenvalue weighted by molar-refractivity contribution is 0.689. The van der Waals surface area contributed by atoms with E-state index < -0.39 is 0 Å². The van der Waals surface area contributed by atoms with Crippen molar-refractivity contribution in [1.82, 2.24) is 9.97 Å². The maximum Gasteiger partial charge on any atom is 0.204 e. The van der Waals surface area contributed by atoms with Crippen molar-refractivity contribution >= 4 is 18.2 Å². The number of rotatable bonds is 2. The third-order valence-electron chi connectivity index (χ3n) is 3.95. The average Bonchev–Trinajstić information content (AvgIpc) is 3.02. The summed E-state index contributed by atoms with van der Waals surface area (Å²) in [7, 11) is 0. The fraction of sp³-hybridized carbons (Fsp3) is 0.692. The summed E-state index contributed by atoms with van der Waals surface area (Å²) in [5.41, 5.74) is 1.31. The number of hydrogen-bond acceptors (Lipinski definition) is 3. The summed E-state index contributed by atoms with van der Waals surface area (Å²) in [5, 5.41) is 0. The predicted octanol–water partition coefficient (Wildman–Crippen LogP) is 3.40. The Kier molecular flexibility index (Phi) is 3.14. The average molecular weight is 249 g/mol.